The molecule has 0 saturated carbocycles. The largest absolute Gasteiger partial charge is 0.277 e. The molecule has 0 heterocycles. The molecule has 0 radical (unpaired) electrons. The van der Waals surface area contributed by atoms with E-state index in [9.17, 15) is 0 Å². The fourth-order valence-electron chi connectivity index (χ4n) is 0.545. The molecule has 0 aromatic carbocycles. The lowest BCUT2D eigenvalue weighted by Gasteiger charge is -2.29. The summed E-state index contributed by atoms with van der Waals surface area (Å²) in [5, 5.41) is 0. The molecule has 1 atom stereocenters. The van der Waals surface area contributed by atoms with Crippen molar-refractivity contribution in [1.29, 1.82) is 0 Å². The summed E-state index contributed by atoms with van der Waals surface area (Å²) in [6.07, 6.45) is 0.783. The van der Waals surface area contributed by atoms with Crippen molar-refractivity contribution in [3.05, 3.63) is 0 Å². The first-order valence-corrected chi connectivity index (χ1v) is 3.15. The molecule has 0 aliphatic heterocycles. The third kappa shape index (κ3) is 1.89. The summed E-state index contributed by atoms with van der Waals surface area (Å²) in [6.45, 7) is 3.77. The van der Waals surface area contributed by atoms with Crippen LogP contribution in [0.4, 0.5) is 0 Å². The first-order valence-electron chi connectivity index (χ1n) is 3.15. The highest BCUT2D eigenvalue weighted by Crippen LogP contribution is 2.16. The van der Waals surface area contributed by atoms with E-state index in [0.29, 0.717) is 0 Å². The van der Waals surface area contributed by atoms with Crippen LogP contribution in [0.15, 0.2) is 0 Å². The van der Waals surface area contributed by atoms with E-state index in [1.165, 1.54) is 0 Å². The van der Waals surface area contributed by atoms with Crippen LogP contribution in [0.25, 0.3) is 0 Å². The van der Waals surface area contributed by atoms with Crippen LogP contribution in [0, 0.1) is 5.92 Å². The molecule has 0 aliphatic rings. The normalized spacial score (nSPS) is 15.3. The molecule has 5 heteroatoms. The van der Waals surface area contributed by atoms with Gasteiger partial charge in [-0.05, 0) is 6.42 Å². The van der Waals surface area contributed by atoms with Crippen LogP contribution < -0.4 is 17.5 Å². The molecule has 10 heavy (non-hydrogen) atoms. The second-order valence-electron chi connectivity index (χ2n) is 2.27. The van der Waals surface area contributed by atoms with E-state index in [1.54, 1.807) is 0 Å². The molecule has 0 fully saturated rings. The molecule has 0 aromatic heterocycles. The molecule has 5 nitrogen and oxygen atoms in total. The van der Waals surface area contributed by atoms with Crippen LogP contribution in [-0.4, -0.2) is 5.91 Å². The van der Waals surface area contributed by atoms with Gasteiger partial charge >= 0.3 is 0 Å². The average Bonchev–Trinajstić information content (AvgIpc) is 2.01. The third-order valence-electron chi connectivity index (χ3n) is 1.67. The van der Waals surface area contributed by atoms with Gasteiger partial charge in [0.25, 0.3) is 5.91 Å². The van der Waals surface area contributed by atoms with Crippen molar-refractivity contribution in [1.82, 2.24) is 0 Å². The van der Waals surface area contributed by atoms with E-state index in [4.69, 9.17) is 17.5 Å². The lowest BCUT2D eigenvalue weighted by atomic mass is 10.1. The van der Waals surface area contributed by atoms with Gasteiger partial charge in [-0.1, -0.05) is 13.8 Å². The minimum Gasteiger partial charge on any atom is -0.277 e. The van der Waals surface area contributed by atoms with Gasteiger partial charge in [0.05, 0.1) is 0 Å². The van der Waals surface area contributed by atoms with Gasteiger partial charge in [0.1, 0.15) is 0 Å². The summed E-state index contributed by atoms with van der Waals surface area (Å²) >= 11 is 0. The van der Waals surface area contributed by atoms with Crippen molar-refractivity contribution < 1.29 is 9.68 Å². The first-order chi connectivity index (χ1) is 4.60. The zero-order valence-electron chi connectivity index (χ0n) is 6.33. The fraction of sp³-hybridized carbons (Fsp3) is 1.00. The van der Waals surface area contributed by atoms with E-state index in [0.717, 1.165) is 6.42 Å². The SMILES string of the molecule is CCC(C)C(N)(ON)ON. The van der Waals surface area contributed by atoms with Crippen LogP contribution in [0.5, 0.6) is 0 Å². The predicted molar refractivity (Wildman–Crippen MR) is 36.9 cm³/mol. The van der Waals surface area contributed by atoms with Gasteiger partial charge in [-0.15, -0.1) is 0 Å². The predicted octanol–water partition coefficient (Wildman–Crippen LogP) is -0.574. The molecule has 1 unspecified atom stereocenters. The fourth-order valence-corrected chi connectivity index (χ4v) is 0.545. The smallest absolute Gasteiger partial charge is 0.261 e. The van der Waals surface area contributed by atoms with E-state index in [1.807, 2.05) is 13.8 Å². The minimum atomic E-state index is -1.35. The Morgan fingerprint density at radius 1 is 1.40 bits per heavy atom. The van der Waals surface area contributed by atoms with Gasteiger partial charge < -0.3 is 0 Å². The van der Waals surface area contributed by atoms with Crippen molar-refractivity contribution in [2.24, 2.45) is 23.4 Å². The standard InChI is InChI=1S/C5H15N3O2/c1-3-4(2)5(6,9-7)10-8/h4H,3,6-8H2,1-2H3. The van der Waals surface area contributed by atoms with E-state index in [2.05, 4.69) is 9.68 Å². The Labute approximate surface area is 60.4 Å². The highest BCUT2D eigenvalue weighted by atomic mass is 16.8. The molecule has 0 aliphatic carbocycles. The molecule has 0 spiro atoms. The van der Waals surface area contributed by atoms with Crippen LogP contribution in [0.3, 0.4) is 0 Å². The molecule has 0 saturated heterocycles. The lowest BCUT2D eigenvalue weighted by Crippen LogP contribution is -2.54. The molecule has 0 rings (SSSR count). The van der Waals surface area contributed by atoms with Crippen molar-refractivity contribution in [2.75, 3.05) is 0 Å². The van der Waals surface area contributed by atoms with Gasteiger partial charge in [0.2, 0.25) is 0 Å². The summed E-state index contributed by atoms with van der Waals surface area (Å²) in [5.41, 5.74) is 5.46. The van der Waals surface area contributed by atoms with E-state index < -0.39 is 5.91 Å². The molecule has 6 N–H and O–H groups in total. The lowest BCUT2D eigenvalue weighted by molar-refractivity contribution is -0.268. The summed E-state index contributed by atoms with van der Waals surface area (Å²) < 4.78 is 0. The zero-order chi connectivity index (χ0) is 8.20. The molecule has 0 amide bonds. The van der Waals surface area contributed by atoms with Gasteiger partial charge in [0, 0.05) is 5.92 Å². The van der Waals surface area contributed by atoms with Crippen molar-refractivity contribution in [3.8, 4) is 0 Å². The van der Waals surface area contributed by atoms with Crippen LogP contribution in [0.2, 0.25) is 0 Å². The van der Waals surface area contributed by atoms with Crippen molar-refractivity contribution >= 4 is 0 Å². The zero-order valence-corrected chi connectivity index (χ0v) is 6.33. The Hall–Kier alpha value is -0.200. The highest BCUT2D eigenvalue weighted by Gasteiger charge is 2.32. The van der Waals surface area contributed by atoms with Gasteiger partial charge in [-0.2, -0.15) is 0 Å². The topological polar surface area (TPSA) is 96.5 Å². The monoisotopic (exact) mass is 149 g/mol. The van der Waals surface area contributed by atoms with Gasteiger partial charge in [-0.25, -0.2) is 11.8 Å². The maximum atomic E-state index is 5.46. The molecule has 0 bridgehead atoms. The Morgan fingerprint density at radius 2 is 1.80 bits per heavy atom. The van der Waals surface area contributed by atoms with E-state index >= 15 is 0 Å². The van der Waals surface area contributed by atoms with Crippen molar-refractivity contribution in [2.45, 2.75) is 26.2 Å². The molecule has 0 aromatic rings. The summed E-state index contributed by atoms with van der Waals surface area (Å²) in [4.78, 5) is 8.74. The second-order valence-corrected chi connectivity index (χ2v) is 2.27. The number of rotatable bonds is 4. The molecular formula is C5H15N3O2. The number of hydrogen-bond donors (Lipinski definition) is 3. The minimum absolute atomic E-state index is 0.0394. The number of hydrogen-bond acceptors (Lipinski definition) is 5. The van der Waals surface area contributed by atoms with E-state index in [-0.39, 0.29) is 5.92 Å². The van der Waals surface area contributed by atoms with Crippen LogP contribution in [-0.2, 0) is 9.68 Å². The second kappa shape index (κ2) is 3.85. The summed E-state index contributed by atoms with van der Waals surface area (Å²) in [5.74, 6) is 8.34. The Bertz CT molecular complexity index is 94.9. The third-order valence-corrected chi connectivity index (χ3v) is 1.67. The average molecular weight is 149 g/mol. The number of nitrogens with two attached hydrogens (primary N) is 3. The molecule has 62 valence electrons. The quantitative estimate of drug-likeness (QED) is 0.367. The highest BCUT2D eigenvalue weighted by molar-refractivity contribution is 4.65. The van der Waals surface area contributed by atoms with Crippen molar-refractivity contribution in [3.63, 3.8) is 0 Å². The summed E-state index contributed by atoms with van der Waals surface area (Å²) in [7, 11) is 0. The van der Waals surface area contributed by atoms with Crippen LogP contribution in [0.1, 0.15) is 20.3 Å². The summed E-state index contributed by atoms with van der Waals surface area (Å²) in [6, 6.07) is 0. The Morgan fingerprint density at radius 3 is 1.90 bits per heavy atom. The maximum absolute atomic E-state index is 5.46. The first kappa shape index (κ1) is 9.80. The van der Waals surface area contributed by atoms with Crippen LogP contribution >= 0.6 is 0 Å². The Balaban J connectivity index is 4.02. The molecular weight excluding hydrogens is 134 g/mol. The maximum Gasteiger partial charge on any atom is 0.261 e. The Kier molecular flexibility index (Phi) is 3.77. The van der Waals surface area contributed by atoms with Gasteiger partial charge in [0.15, 0.2) is 0 Å². The van der Waals surface area contributed by atoms with Gasteiger partial charge in [-0.3, -0.25) is 15.4 Å².